The maximum Gasteiger partial charge on any atom is 0.322 e. The molecule has 7 heteroatoms. The molecular formula is C21H23N3O4. The zero-order valence-electron chi connectivity index (χ0n) is 15.9. The van der Waals surface area contributed by atoms with Crippen molar-refractivity contribution in [1.82, 2.24) is 4.90 Å². The van der Waals surface area contributed by atoms with Gasteiger partial charge in [0.15, 0.2) is 5.78 Å². The van der Waals surface area contributed by atoms with Crippen LogP contribution in [0.4, 0.5) is 16.2 Å². The summed E-state index contributed by atoms with van der Waals surface area (Å²) in [7, 11) is 1.58. The Kier molecular flexibility index (Phi) is 5.93. The van der Waals surface area contributed by atoms with Gasteiger partial charge < -0.3 is 20.3 Å². The van der Waals surface area contributed by atoms with E-state index in [9.17, 15) is 14.4 Å². The van der Waals surface area contributed by atoms with Gasteiger partial charge >= 0.3 is 6.03 Å². The first-order chi connectivity index (χ1) is 13.5. The Bertz CT molecular complexity index is 879. The number of benzene rings is 2. The summed E-state index contributed by atoms with van der Waals surface area (Å²) in [5, 5.41) is 5.63. The van der Waals surface area contributed by atoms with Gasteiger partial charge in [-0.2, -0.15) is 0 Å². The van der Waals surface area contributed by atoms with E-state index in [4.69, 9.17) is 4.74 Å². The van der Waals surface area contributed by atoms with Crippen LogP contribution in [0.25, 0.3) is 0 Å². The zero-order chi connectivity index (χ0) is 20.1. The van der Waals surface area contributed by atoms with E-state index in [1.165, 1.54) is 11.8 Å². The Hall–Kier alpha value is -3.35. The number of ether oxygens (including phenoxy) is 1. The number of hydrogen-bond donors (Lipinski definition) is 2. The van der Waals surface area contributed by atoms with Crippen LogP contribution in [-0.4, -0.2) is 42.3 Å². The number of carbonyl (C=O) groups is 3. The highest BCUT2D eigenvalue weighted by Gasteiger charge is 2.34. The van der Waals surface area contributed by atoms with Crippen molar-refractivity contribution in [2.45, 2.75) is 25.8 Å². The predicted octanol–water partition coefficient (Wildman–Crippen LogP) is 3.53. The van der Waals surface area contributed by atoms with Crippen molar-refractivity contribution in [2.24, 2.45) is 0 Å². The number of likely N-dealkylation sites (tertiary alicyclic amines) is 1. The fourth-order valence-corrected chi connectivity index (χ4v) is 3.19. The minimum absolute atomic E-state index is 0.0750. The molecule has 0 aromatic heterocycles. The Morgan fingerprint density at radius 1 is 1.04 bits per heavy atom. The van der Waals surface area contributed by atoms with Gasteiger partial charge in [0.2, 0.25) is 5.91 Å². The van der Waals surface area contributed by atoms with Crippen molar-refractivity contribution in [3.63, 3.8) is 0 Å². The van der Waals surface area contributed by atoms with Crippen LogP contribution in [0.1, 0.15) is 30.1 Å². The van der Waals surface area contributed by atoms with E-state index in [1.54, 1.807) is 55.6 Å². The Balaban J connectivity index is 1.65. The van der Waals surface area contributed by atoms with Crippen LogP contribution in [0.5, 0.6) is 5.75 Å². The molecule has 1 fully saturated rings. The van der Waals surface area contributed by atoms with E-state index >= 15 is 0 Å². The number of rotatable bonds is 5. The van der Waals surface area contributed by atoms with Gasteiger partial charge in [-0.1, -0.05) is 12.1 Å². The number of anilines is 2. The molecule has 0 radical (unpaired) electrons. The second-order valence-electron chi connectivity index (χ2n) is 6.64. The summed E-state index contributed by atoms with van der Waals surface area (Å²) in [6, 6.07) is 12.9. The first-order valence-electron chi connectivity index (χ1n) is 9.11. The number of hydrogen-bond acceptors (Lipinski definition) is 4. The van der Waals surface area contributed by atoms with Crippen LogP contribution >= 0.6 is 0 Å². The van der Waals surface area contributed by atoms with E-state index in [1.807, 2.05) is 0 Å². The maximum absolute atomic E-state index is 12.7. The van der Waals surface area contributed by atoms with E-state index in [0.717, 1.165) is 6.42 Å². The predicted molar refractivity (Wildman–Crippen MR) is 107 cm³/mol. The lowest BCUT2D eigenvalue weighted by molar-refractivity contribution is -0.119. The lowest BCUT2D eigenvalue weighted by Crippen LogP contribution is -2.45. The van der Waals surface area contributed by atoms with Gasteiger partial charge in [-0.15, -0.1) is 0 Å². The summed E-state index contributed by atoms with van der Waals surface area (Å²) in [6.45, 7) is 1.97. The standard InChI is InChI=1S/C21H23N3O4/c1-14(25)15-5-3-6-17(13-15)23-21(27)24-12-4-7-19(24)20(26)22-16-8-10-18(28-2)11-9-16/h3,5-6,8-11,13,19H,4,7,12H2,1-2H3,(H,22,26)(H,23,27). The molecule has 1 saturated heterocycles. The first-order valence-corrected chi connectivity index (χ1v) is 9.11. The molecule has 1 unspecified atom stereocenters. The van der Waals surface area contributed by atoms with Gasteiger partial charge in [0, 0.05) is 23.5 Å². The molecule has 7 nitrogen and oxygen atoms in total. The van der Waals surface area contributed by atoms with E-state index in [0.29, 0.717) is 35.7 Å². The van der Waals surface area contributed by atoms with Gasteiger partial charge in [0.05, 0.1) is 7.11 Å². The fraction of sp³-hybridized carbons (Fsp3) is 0.286. The molecule has 3 amide bonds. The van der Waals surface area contributed by atoms with Gasteiger partial charge in [0.25, 0.3) is 0 Å². The molecule has 2 aromatic carbocycles. The topological polar surface area (TPSA) is 87.7 Å². The van der Waals surface area contributed by atoms with Gasteiger partial charge in [0.1, 0.15) is 11.8 Å². The molecule has 1 heterocycles. The number of Topliss-reactive ketones (excluding diaryl/α,β-unsaturated/α-hetero) is 1. The second kappa shape index (κ2) is 8.56. The maximum atomic E-state index is 12.7. The molecule has 2 N–H and O–H groups in total. The van der Waals surface area contributed by atoms with Crippen LogP contribution in [0.3, 0.4) is 0 Å². The number of methoxy groups -OCH3 is 1. The summed E-state index contributed by atoms with van der Waals surface area (Å²) in [6.07, 6.45) is 1.35. The van der Waals surface area contributed by atoms with Crippen LogP contribution in [-0.2, 0) is 4.79 Å². The molecule has 3 rings (SSSR count). The lowest BCUT2D eigenvalue weighted by Gasteiger charge is -2.24. The normalized spacial score (nSPS) is 15.8. The molecule has 1 aliphatic rings. The fourth-order valence-electron chi connectivity index (χ4n) is 3.19. The van der Waals surface area contributed by atoms with Crippen molar-refractivity contribution in [3.05, 3.63) is 54.1 Å². The van der Waals surface area contributed by atoms with Crippen molar-refractivity contribution < 1.29 is 19.1 Å². The Labute approximate surface area is 163 Å². The smallest absolute Gasteiger partial charge is 0.322 e. The van der Waals surface area contributed by atoms with Gasteiger partial charge in [-0.25, -0.2) is 4.79 Å². The van der Waals surface area contributed by atoms with Crippen molar-refractivity contribution in [1.29, 1.82) is 0 Å². The Morgan fingerprint density at radius 3 is 2.46 bits per heavy atom. The molecule has 0 spiro atoms. The largest absolute Gasteiger partial charge is 0.497 e. The van der Waals surface area contributed by atoms with E-state index in [-0.39, 0.29) is 17.7 Å². The summed E-state index contributed by atoms with van der Waals surface area (Å²) in [4.78, 5) is 38.4. The molecule has 0 saturated carbocycles. The first kappa shape index (κ1) is 19.4. The van der Waals surface area contributed by atoms with Crippen LogP contribution < -0.4 is 15.4 Å². The third kappa shape index (κ3) is 4.49. The Morgan fingerprint density at radius 2 is 1.79 bits per heavy atom. The number of amides is 3. The quantitative estimate of drug-likeness (QED) is 0.776. The number of nitrogens with zero attached hydrogens (tertiary/aromatic N) is 1. The number of ketones is 1. The van der Waals surface area contributed by atoms with Crippen molar-refractivity contribution >= 4 is 29.1 Å². The molecule has 0 aliphatic carbocycles. The minimum atomic E-state index is -0.543. The number of carbonyl (C=O) groups excluding carboxylic acids is 3. The van der Waals surface area contributed by atoms with E-state index in [2.05, 4.69) is 10.6 Å². The third-order valence-electron chi connectivity index (χ3n) is 4.69. The number of urea groups is 1. The molecular weight excluding hydrogens is 358 g/mol. The molecule has 146 valence electrons. The summed E-state index contributed by atoms with van der Waals surface area (Å²) < 4.78 is 5.11. The van der Waals surface area contributed by atoms with Gasteiger partial charge in [-0.3, -0.25) is 9.59 Å². The highest BCUT2D eigenvalue weighted by atomic mass is 16.5. The highest BCUT2D eigenvalue weighted by Crippen LogP contribution is 2.22. The summed E-state index contributed by atoms with van der Waals surface area (Å²) >= 11 is 0. The van der Waals surface area contributed by atoms with Crippen LogP contribution in [0.15, 0.2) is 48.5 Å². The average Bonchev–Trinajstić information content (AvgIpc) is 3.19. The molecule has 1 aliphatic heterocycles. The molecule has 28 heavy (non-hydrogen) atoms. The van der Waals surface area contributed by atoms with Crippen LogP contribution in [0, 0.1) is 0 Å². The monoisotopic (exact) mass is 381 g/mol. The highest BCUT2D eigenvalue weighted by molar-refractivity contribution is 6.00. The van der Waals surface area contributed by atoms with Crippen LogP contribution in [0.2, 0.25) is 0 Å². The minimum Gasteiger partial charge on any atom is -0.497 e. The zero-order valence-corrected chi connectivity index (χ0v) is 15.9. The summed E-state index contributed by atoms with van der Waals surface area (Å²) in [5.74, 6) is 0.400. The third-order valence-corrected chi connectivity index (χ3v) is 4.69. The van der Waals surface area contributed by atoms with Crippen molar-refractivity contribution in [2.75, 3.05) is 24.3 Å². The molecule has 2 aromatic rings. The van der Waals surface area contributed by atoms with Crippen molar-refractivity contribution in [3.8, 4) is 5.75 Å². The van der Waals surface area contributed by atoms with Gasteiger partial charge in [-0.05, 0) is 56.2 Å². The second-order valence-corrected chi connectivity index (χ2v) is 6.64. The average molecular weight is 381 g/mol. The lowest BCUT2D eigenvalue weighted by atomic mass is 10.1. The van der Waals surface area contributed by atoms with E-state index < -0.39 is 6.04 Å². The molecule has 1 atom stereocenters. The SMILES string of the molecule is COc1ccc(NC(=O)C2CCCN2C(=O)Nc2cccc(C(C)=O)c2)cc1. The number of nitrogens with one attached hydrogen (secondary N) is 2. The summed E-state index contributed by atoms with van der Waals surface area (Å²) in [5.41, 5.74) is 1.69. The molecule has 0 bridgehead atoms.